The van der Waals surface area contributed by atoms with Gasteiger partial charge in [-0.3, -0.25) is 0 Å². The van der Waals surface area contributed by atoms with Crippen LogP contribution in [0, 0.1) is 13.8 Å². The molecular formula is C36H38HfSi. The second kappa shape index (κ2) is 9.28. The first-order valence-corrected chi connectivity index (χ1v) is 33.2. The molecule has 0 heterocycles. The quantitative estimate of drug-likeness (QED) is 0.189. The van der Waals surface area contributed by atoms with Gasteiger partial charge in [0.1, 0.15) is 0 Å². The predicted octanol–water partition coefficient (Wildman–Crippen LogP) is 10.5. The molecule has 0 aliphatic heterocycles. The number of benzene rings is 4. The average Bonchev–Trinajstić information content (AvgIpc) is 3.55. The Balaban J connectivity index is 1.50. The van der Waals surface area contributed by atoms with Crippen LogP contribution in [-0.2, 0) is 17.1 Å². The van der Waals surface area contributed by atoms with E-state index in [9.17, 15) is 0 Å². The molecule has 0 saturated heterocycles. The summed E-state index contributed by atoms with van der Waals surface area (Å²) in [5.41, 5.74) is 13.5. The molecule has 0 spiro atoms. The van der Waals surface area contributed by atoms with E-state index in [4.69, 9.17) is 0 Å². The molecule has 0 fully saturated rings. The van der Waals surface area contributed by atoms with Crippen molar-refractivity contribution in [3.8, 4) is 22.3 Å². The summed E-state index contributed by atoms with van der Waals surface area (Å²) in [7, 11) is 0. The number of hydrogen-bond acceptors (Lipinski definition) is 0. The molecule has 0 N–H and O–H groups in total. The molecule has 0 amide bonds. The van der Waals surface area contributed by atoms with Gasteiger partial charge in [-0.25, -0.2) is 0 Å². The number of hydrogen-bond donors (Lipinski definition) is 0. The first-order chi connectivity index (χ1) is 18.2. The zero-order valence-electron chi connectivity index (χ0n) is 23.5. The molecule has 2 atom stereocenters. The minimum absolute atomic E-state index is 0.567. The first-order valence-electron chi connectivity index (χ1n) is 13.9. The van der Waals surface area contributed by atoms with Crippen LogP contribution in [-0.4, -0.2) is 5.49 Å². The second-order valence-corrected chi connectivity index (χ2v) is 61.5. The van der Waals surface area contributed by atoms with E-state index in [0.29, 0.717) is 7.35 Å². The van der Waals surface area contributed by atoms with Crippen LogP contribution in [0.25, 0.3) is 34.4 Å². The van der Waals surface area contributed by atoms with Crippen LogP contribution in [0.5, 0.6) is 0 Å². The van der Waals surface area contributed by atoms with E-state index in [2.05, 4.69) is 146 Å². The Kier molecular flexibility index (Phi) is 6.28. The minimum atomic E-state index is -3.65. The van der Waals surface area contributed by atoms with Gasteiger partial charge >= 0.3 is 231 Å². The molecule has 4 aromatic carbocycles. The molecule has 0 nitrogen and oxygen atoms in total. The SMILES string of the molecule is Cc1ccc(-c2cccc3c2C=C[CH]3[Hf]([CH3])([CH3])([CH]2C=Cc3c(-c4ccc(C)cc4)cccc32)=[Si](C)C)cc1. The van der Waals surface area contributed by atoms with Crippen molar-refractivity contribution in [2.45, 2.75) is 43.7 Å². The molecular weight excluding hydrogens is 639 g/mol. The van der Waals surface area contributed by atoms with Gasteiger partial charge in [0.2, 0.25) is 0 Å². The fraction of sp³-hybridized carbons (Fsp3) is 0.222. The topological polar surface area (TPSA) is 0 Å². The van der Waals surface area contributed by atoms with E-state index in [1.54, 1.807) is 11.1 Å². The van der Waals surface area contributed by atoms with Crippen LogP contribution in [0.2, 0.25) is 22.5 Å². The van der Waals surface area contributed by atoms with Crippen molar-refractivity contribution in [1.29, 1.82) is 0 Å². The van der Waals surface area contributed by atoms with Gasteiger partial charge in [-0.05, 0) is 0 Å². The fourth-order valence-corrected chi connectivity index (χ4v) is 40.8. The van der Waals surface area contributed by atoms with E-state index >= 15 is 0 Å². The number of fused-ring (bicyclic) bond motifs is 2. The van der Waals surface area contributed by atoms with Gasteiger partial charge in [-0.2, -0.15) is 0 Å². The second-order valence-electron chi connectivity index (χ2n) is 12.6. The third kappa shape index (κ3) is 3.87. The van der Waals surface area contributed by atoms with Crippen molar-refractivity contribution < 1.29 is 17.1 Å². The van der Waals surface area contributed by atoms with E-state index in [0.717, 1.165) is 0 Å². The molecule has 2 unspecified atom stereocenters. The van der Waals surface area contributed by atoms with Crippen LogP contribution in [0.15, 0.2) is 97.1 Å². The van der Waals surface area contributed by atoms with Crippen molar-refractivity contribution in [2.24, 2.45) is 0 Å². The van der Waals surface area contributed by atoms with Gasteiger partial charge in [0.25, 0.3) is 0 Å². The van der Waals surface area contributed by atoms with Crippen LogP contribution < -0.4 is 0 Å². The van der Waals surface area contributed by atoms with E-state index in [-0.39, 0.29) is 0 Å². The monoisotopic (exact) mass is 678 g/mol. The molecule has 0 aromatic heterocycles. The first kappa shape index (κ1) is 25.7. The third-order valence-electron chi connectivity index (χ3n) is 10.1. The van der Waals surface area contributed by atoms with Gasteiger partial charge in [0.05, 0.1) is 0 Å². The maximum absolute atomic E-state index is 3.65. The summed E-state index contributed by atoms with van der Waals surface area (Å²) in [5.74, 6) is 0. The molecule has 2 aliphatic carbocycles. The van der Waals surface area contributed by atoms with Gasteiger partial charge < -0.3 is 0 Å². The van der Waals surface area contributed by atoms with Crippen LogP contribution in [0.3, 0.4) is 0 Å². The van der Waals surface area contributed by atoms with Crippen molar-refractivity contribution in [2.75, 3.05) is 0 Å². The summed E-state index contributed by atoms with van der Waals surface area (Å²) < 4.78 is 6.74. The normalized spacial score (nSPS) is 18.0. The van der Waals surface area contributed by atoms with Gasteiger partial charge in [-0.15, -0.1) is 0 Å². The summed E-state index contributed by atoms with van der Waals surface area (Å²) in [6.45, 7) is 9.57. The molecule has 38 heavy (non-hydrogen) atoms. The Bertz CT molecular complexity index is 1570. The summed E-state index contributed by atoms with van der Waals surface area (Å²) in [6, 6.07) is 32.2. The van der Waals surface area contributed by atoms with Crippen LogP contribution in [0.1, 0.15) is 40.7 Å². The van der Waals surface area contributed by atoms with Crippen molar-refractivity contribution in [3.63, 3.8) is 0 Å². The zero-order valence-corrected chi connectivity index (χ0v) is 28.1. The van der Waals surface area contributed by atoms with Gasteiger partial charge in [0, 0.05) is 0 Å². The molecule has 0 bridgehead atoms. The Morgan fingerprint density at radius 2 is 0.947 bits per heavy atom. The number of aryl methyl sites for hydroxylation is 2. The number of rotatable bonds is 4. The molecule has 190 valence electrons. The summed E-state index contributed by atoms with van der Waals surface area (Å²) in [4.78, 5) is 0. The molecule has 2 heteroatoms. The van der Waals surface area contributed by atoms with Crippen molar-refractivity contribution in [1.82, 2.24) is 0 Å². The standard InChI is InChI=1S/2C16H13.C2H6Si.2CH3.Hf/c2*1-12-8-10-14(11-9-12)16-7-3-5-13-4-2-6-15(13)16;1-3-2;;;/h2*2-11H,1H3;1-2H3;2*1H3;. The van der Waals surface area contributed by atoms with E-state index in [1.165, 1.54) is 44.5 Å². The Morgan fingerprint density at radius 1 is 0.553 bits per heavy atom. The van der Waals surface area contributed by atoms with Crippen LogP contribution in [0.4, 0.5) is 0 Å². The molecule has 0 saturated carbocycles. The Morgan fingerprint density at radius 3 is 1.32 bits per heavy atom. The van der Waals surface area contributed by atoms with Crippen molar-refractivity contribution >= 4 is 17.6 Å². The summed E-state index contributed by atoms with van der Waals surface area (Å²) in [5, 5.41) is 0. The Labute approximate surface area is 229 Å². The predicted molar refractivity (Wildman–Crippen MR) is 166 cm³/mol. The Hall–Kier alpha value is -2.55. The van der Waals surface area contributed by atoms with Gasteiger partial charge in [0.15, 0.2) is 0 Å². The molecule has 6 rings (SSSR count). The average molecular weight is 677 g/mol. The van der Waals surface area contributed by atoms with E-state index < -0.39 is 22.6 Å². The molecule has 0 radical (unpaired) electrons. The number of allylic oxidation sites excluding steroid dienone is 2. The molecule has 2 aliphatic rings. The summed E-state index contributed by atoms with van der Waals surface area (Å²) >= 11 is -3.65. The third-order valence-corrected chi connectivity index (χ3v) is 69.7. The van der Waals surface area contributed by atoms with E-state index in [1.807, 2.05) is 0 Å². The maximum atomic E-state index is 2.80. The zero-order chi connectivity index (χ0) is 26.7. The molecule has 4 aromatic rings. The van der Waals surface area contributed by atoms with Crippen molar-refractivity contribution in [3.05, 3.63) is 130 Å². The van der Waals surface area contributed by atoms with Crippen LogP contribution >= 0.6 is 0 Å². The summed E-state index contributed by atoms with van der Waals surface area (Å²) in [6.07, 6.45) is 10.2. The fourth-order valence-electron chi connectivity index (χ4n) is 7.01. The van der Waals surface area contributed by atoms with Gasteiger partial charge in [-0.1, -0.05) is 0 Å².